The molecule has 0 saturated heterocycles. The second-order valence-corrected chi connectivity index (χ2v) is 20.5. The number of hydrogen-bond acceptors (Lipinski definition) is 3. The first-order valence-electron chi connectivity index (χ1n) is 24.0. The molecule has 0 fully saturated rings. The summed E-state index contributed by atoms with van der Waals surface area (Å²) in [5.74, 6) is 0. The average Bonchev–Trinajstić information content (AvgIpc) is 4.10. The SMILES string of the molecule is c1ccc(C2(c3ccc(N(c4ccc(-c5cccc(-c6ccc7sc8ccccc8c7c6)c5)cc4)c4ccc(-c5cccc6c5sc5ccccc56)cc4)cc3)c3ccccc3-c3ccccc32)cc1. The van der Waals surface area contributed by atoms with Gasteiger partial charge in [0.25, 0.3) is 0 Å². The minimum Gasteiger partial charge on any atom is -0.311 e. The fraction of sp³-hybridized carbons (Fsp3) is 0.0149. The Labute approximate surface area is 415 Å². The van der Waals surface area contributed by atoms with Gasteiger partial charge in [-0.3, -0.25) is 0 Å². The molecule has 2 heterocycles. The second kappa shape index (κ2) is 16.4. The van der Waals surface area contributed by atoms with Crippen LogP contribution >= 0.6 is 22.7 Å². The van der Waals surface area contributed by atoms with Gasteiger partial charge in [0.05, 0.1) is 5.41 Å². The second-order valence-electron chi connectivity index (χ2n) is 18.4. The van der Waals surface area contributed by atoms with Crippen molar-refractivity contribution >= 4 is 80.1 Å². The Morgan fingerprint density at radius 3 is 1.41 bits per heavy atom. The van der Waals surface area contributed by atoms with E-state index in [1.807, 2.05) is 22.7 Å². The first-order valence-corrected chi connectivity index (χ1v) is 25.6. The Balaban J connectivity index is 0.871. The highest BCUT2D eigenvalue weighted by molar-refractivity contribution is 7.26. The van der Waals surface area contributed by atoms with Gasteiger partial charge in [0.2, 0.25) is 0 Å². The Kier molecular flexibility index (Phi) is 9.55. The van der Waals surface area contributed by atoms with Crippen LogP contribution in [0, 0.1) is 0 Å². The highest BCUT2D eigenvalue weighted by Crippen LogP contribution is 2.56. The monoisotopic (exact) mass is 925 g/mol. The third kappa shape index (κ3) is 6.43. The van der Waals surface area contributed by atoms with E-state index in [-0.39, 0.29) is 0 Å². The van der Waals surface area contributed by atoms with Crippen LogP contribution in [0.2, 0.25) is 0 Å². The quantitative estimate of drug-likeness (QED) is 0.147. The molecular weight excluding hydrogens is 883 g/mol. The normalized spacial score (nSPS) is 12.7. The molecule has 13 aromatic rings. The molecule has 2 aromatic heterocycles. The Morgan fingerprint density at radius 1 is 0.271 bits per heavy atom. The maximum atomic E-state index is 2.40. The maximum Gasteiger partial charge on any atom is 0.0713 e. The lowest BCUT2D eigenvalue weighted by Crippen LogP contribution is -2.28. The van der Waals surface area contributed by atoms with Crippen molar-refractivity contribution in [3.8, 4) is 44.5 Å². The molecular formula is C67H43NS2. The lowest BCUT2D eigenvalue weighted by Gasteiger charge is -2.34. The van der Waals surface area contributed by atoms with Crippen LogP contribution in [0.3, 0.4) is 0 Å². The zero-order chi connectivity index (χ0) is 46.2. The van der Waals surface area contributed by atoms with E-state index in [0.717, 1.165) is 17.1 Å². The summed E-state index contributed by atoms with van der Waals surface area (Å²) in [5.41, 5.74) is 17.8. The summed E-state index contributed by atoms with van der Waals surface area (Å²) in [7, 11) is 0. The molecule has 70 heavy (non-hydrogen) atoms. The van der Waals surface area contributed by atoms with E-state index in [1.165, 1.54) is 107 Å². The van der Waals surface area contributed by atoms with Crippen LogP contribution in [0.15, 0.2) is 261 Å². The summed E-state index contributed by atoms with van der Waals surface area (Å²) < 4.78 is 5.30. The fourth-order valence-electron chi connectivity index (χ4n) is 11.4. The predicted molar refractivity (Wildman–Crippen MR) is 301 cm³/mol. The van der Waals surface area contributed by atoms with Gasteiger partial charge in [-0.1, -0.05) is 194 Å². The molecule has 1 nitrogen and oxygen atoms in total. The summed E-state index contributed by atoms with van der Waals surface area (Å²) >= 11 is 3.74. The first-order chi connectivity index (χ1) is 34.7. The molecule has 0 unspecified atom stereocenters. The van der Waals surface area contributed by atoms with Crippen molar-refractivity contribution in [2.75, 3.05) is 4.90 Å². The van der Waals surface area contributed by atoms with Gasteiger partial charge in [0, 0.05) is 57.4 Å². The molecule has 0 amide bonds. The van der Waals surface area contributed by atoms with E-state index in [2.05, 4.69) is 266 Å². The maximum absolute atomic E-state index is 2.40. The highest BCUT2D eigenvalue weighted by atomic mass is 32.1. The molecule has 0 radical (unpaired) electrons. The summed E-state index contributed by atoms with van der Waals surface area (Å²) in [4.78, 5) is 2.40. The summed E-state index contributed by atoms with van der Waals surface area (Å²) in [6.45, 7) is 0. The summed E-state index contributed by atoms with van der Waals surface area (Å²) in [6, 6.07) is 96.7. The van der Waals surface area contributed by atoms with Crippen LogP contribution < -0.4 is 4.90 Å². The van der Waals surface area contributed by atoms with Crippen molar-refractivity contribution in [1.82, 2.24) is 0 Å². The molecule has 0 atom stereocenters. The van der Waals surface area contributed by atoms with E-state index in [1.54, 1.807) is 0 Å². The van der Waals surface area contributed by atoms with Crippen LogP contribution in [0.1, 0.15) is 22.3 Å². The Morgan fingerprint density at radius 2 is 0.729 bits per heavy atom. The van der Waals surface area contributed by atoms with Crippen molar-refractivity contribution in [2.45, 2.75) is 5.41 Å². The number of anilines is 3. The van der Waals surface area contributed by atoms with Crippen LogP contribution in [-0.4, -0.2) is 0 Å². The Bertz CT molecular complexity index is 4060. The number of nitrogens with zero attached hydrogens (tertiary/aromatic N) is 1. The minimum atomic E-state index is -0.466. The van der Waals surface area contributed by atoms with Gasteiger partial charge in [-0.25, -0.2) is 0 Å². The van der Waals surface area contributed by atoms with E-state index in [9.17, 15) is 0 Å². The summed E-state index contributed by atoms with van der Waals surface area (Å²) in [6.07, 6.45) is 0. The largest absolute Gasteiger partial charge is 0.311 e. The van der Waals surface area contributed by atoms with Crippen molar-refractivity contribution in [2.24, 2.45) is 0 Å². The molecule has 1 aliphatic rings. The molecule has 11 aromatic carbocycles. The van der Waals surface area contributed by atoms with Crippen molar-refractivity contribution in [1.29, 1.82) is 0 Å². The number of benzene rings is 11. The summed E-state index contributed by atoms with van der Waals surface area (Å²) in [5, 5.41) is 5.27. The molecule has 328 valence electrons. The molecule has 0 bridgehead atoms. The van der Waals surface area contributed by atoms with E-state index in [4.69, 9.17) is 0 Å². The smallest absolute Gasteiger partial charge is 0.0713 e. The van der Waals surface area contributed by atoms with E-state index >= 15 is 0 Å². The molecule has 0 saturated carbocycles. The molecule has 1 aliphatic carbocycles. The van der Waals surface area contributed by atoms with E-state index in [0.29, 0.717) is 0 Å². The predicted octanol–water partition coefficient (Wildman–Crippen LogP) is 19.3. The highest BCUT2D eigenvalue weighted by Gasteiger charge is 2.45. The van der Waals surface area contributed by atoms with Gasteiger partial charge in [-0.05, 0) is 133 Å². The zero-order valence-corrected chi connectivity index (χ0v) is 39.7. The molecule has 3 heteroatoms. The average molecular weight is 926 g/mol. The number of rotatable bonds is 8. The molecule has 0 spiro atoms. The van der Waals surface area contributed by atoms with Crippen molar-refractivity contribution < 1.29 is 0 Å². The van der Waals surface area contributed by atoms with Gasteiger partial charge in [-0.2, -0.15) is 0 Å². The number of thiophene rings is 2. The van der Waals surface area contributed by atoms with E-state index < -0.39 is 5.41 Å². The fourth-order valence-corrected chi connectivity index (χ4v) is 13.7. The van der Waals surface area contributed by atoms with Crippen LogP contribution in [0.25, 0.3) is 84.9 Å². The third-order valence-electron chi connectivity index (χ3n) is 14.6. The standard InChI is InChI=1S/C67H43NS2/c1-2-16-49(17-3-1)67(61-24-8-4-18-55(61)56-19-5-9-25-62(56)67)50-33-39-53(40-34-50)68(52-37-30-45(31-38-52)54-22-13-23-59-57-20-6-11-27-64(57)70-66(54)59)51-35-28-44(29-36-51)46-14-12-15-47(42-46)48-32-41-65-60(43-48)58-21-7-10-26-63(58)69-65/h1-43H. The lowest BCUT2D eigenvalue weighted by molar-refractivity contribution is 0.768. The third-order valence-corrected chi connectivity index (χ3v) is 17.0. The van der Waals surface area contributed by atoms with Crippen LogP contribution in [0.5, 0.6) is 0 Å². The van der Waals surface area contributed by atoms with Crippen LogP contribution in [-0.2, 0) is 5.41 Å². The van der Waals surface area contributed by atoms with Gasteiger partial charge in [-0.15, -0.1) is 22.7 Å². The topological polar surface area (TPSA) is 3.24 Å². The van der Waals surface area contributed by atoms with Gasteiger partial charge in [0.1, 0.15) is 0 Å². The molecule has 14 rings (SSSR count). The van der Waals surface area contributed by atoms with Crippen molar-refractivity contribution in [3.63, 3.8) is 0 Å². The van der Waals surface area contributed by atoms with Gasteiger partial charge in [0.15, 0.2) is 0 Å². The lowest BCUT2D eigenvalue weighted by atomic mass is 9.68. The minimum absolute atomic E-state index is 0.466. The zero-order valence-electron chi connectivity index (χ0n) is 38.1. The Hall–Kier alpha value is -8.34. The molecule has 0 N–H and O–H groups in total. The van der Waals surface area contributed by atoms with Gasteiger partial charge < -0.3 is 4.90 Å². The van der Waals surface area contributed by atoms with Crippen molar-refractivity contribution in [3.05, 3.63) is 283 Å². The van der Waals surface area contributed by atoms with Crippen LogP contribution in [0.4, 0.5) is 17.1 Å². The van der Waals surface area contributed by atoms with Gasteiger partial charge >= 0.3 is 0 Å². The number of hydrogen-bond donors (Lipinski definition) is 0. The molecule has 0 aliphatic heterocycles. The first kappa shape index (κ1) is 40.7. The number of fused-ring (bicyclic) bond motifs is 9.